The smallest absolute Gasteiger partial charge is 0.274 e. The Morgan fingerprint density at radius 1 is 1.12 bits per heavy atom. The topological polar surface area (TPSA) is 70.2 Å². The molecule has 1 aromatic carbocycles. The number of carbonyl (C=O) groups is 1. The van der Waals surface area contributed by atoms with Gasteiger partial charge in [-0.25, -0.2) is 9.97 Å². The van der Waals surface area contributed by atoms with Crippen molar-refractivity contribution in [1.29, 1.82) is 0 Å². The molecule has 6 heteroatoms. The number of hydrogen-bond donors (Lipinski definition) is 2. The SMILES string of the molecule is CCCCNc1nccc(C(=O)Nc2ccc(N3CCCCC3)cc2)n1. The molecule has 0 radical (unpaired) electrons. The van der Waals surface area contributed by atoms with Crippen molar-refractivity contribution in [2.24, 2.45) is 0 Å². The summed E-state index contributed by atoms with van der Waals surface area (Å²) in [5, 5.41) is 6.05. The maximum atomic E-state index is 12.4. The van der Waals surface area contributed by atoms with E-state index in [1.54, 1.807) is 12.3 Å². The van der Waals surface area contributed by atoms with E-state index >= 15 is 0 Å². The number of hydrogen-bond acceptors (Lipinski definition) is 5. The third-order valence-corrected chi connectivity index (χ3v) is 4.55. The van der Waals surface area contributed by atoms with Crippen molar-refractivity contribution in [3.8, 4) is 0 Å². The van der Waals surface area contributed by atoms with Gasteiger partial charge in [-0.05, 0) is 56.0 Å². The molecule has 1 aromatic heterocycles. The lowest BCUT2D eigenvalue weighted by atomic mass is 10.1. The van der Waals surface area contributed by atoms with Crippen LogP contribution in [0.1, 0.15) is 49.5 Å². The highest BCUT2D eigenvalue weighted by Crippen LogP contribution is 2.22. The fourth-order valence-corrected chi connectivity index (χ4v) is 3.05. The van der Waals surface area contributed by atoms with Crippen LogP contribution in [0.25, 0.3) is 0 Å². The Bertz CT molecular complexity index is 710. The van der Waals surface area contributed by atoms with Gasteiger partial charge in [0.15, 0.2) is 0 Å². The van der Waals surface area contributed by atoms with Crippen molar-refractivity contribution >= 4 is 23.2 Å². The van der Waals surface area contributed by atoms with Gasteiger partial charge < -0.3 is 15.5 Å². The summed E-state index contributed by atoms with van der Waals surface area (Å²) in [7, 11) is 0. The molecule has 138 valence electrons. The molecule has 6 nitrogen and oxygen atoms in total. The van der Waals surface area contributed by atoms with E-state index in [0.717, 1.165) is 38.2 Å². The van der Waals surface area contributed by atoms with E-state index in [9.17, 15) is 4.79 Å². The normalized spacial score (nSPS) is 14.1. The van der Waals surface area contributed by atoms with Crippen molar-refractivity contribution in [2.45, 2.75) is 39.0 Å². The minimum atomic E-state index is -0.225. The second-order valence-corrected chi connectivity index (χ2v) is 6.59. The first-order valence-electron chi connectivity index (χ1n) is 9.49. The maximum Gasteiger partial charge on any atom is 0.274 e. The molecular weight excluding hydrogens is 326 g/mol. The number of aromatic nitrogens is 2. The van der Waals surface area contributed by atoms with Crippen LogP contribution in [0.15, 0.2) is 36.5 Å². The molecule has 1 aliphatic heterocycles. The van der Waals surface area contributed by atoms with Gasteiger partial charge in [0.25, 0.3) is 5.91 Å². The Hall–Kier alpha value is -2.63. The zero-order valence-corrected chi connectivity index (χ0v) is 15.4. The predicted molar refractivity (Wildman–Crippen MR) is 106 cm³/mol. The quantitative estimate of drug-likeness (QED) is 0.738. The Balaban J connectivity index is 1.59. The molecule has 1 aliphatic rings. The third-order valence-electron chi connectivity index (χ3n) is 4.55. The standard InChI is InChI=1S/C20H27N5O/c1-2-3-12-21-20-22-13-11-18(24-20)19(26)23-16-7-9-17(10-8-16)25-14-5-4-6-15-25/h7-11,13H,2-6,12,14-15H2,1H3,(H,23,26)(H,21,22,24). The molecule has 0 unspecified atom stereocenters. The fraction of sp³-hybridized carbons (Fsp3) is 0.450. The number of anilines is 3. The van der Waals surface area contributed by atoms with Gasteiger partial charge in [-0.2, -0.15) is 0 Å². The molecule has 2 aromatic rings. The Morgan fingerprint density at radius 2 is 1.88 bits per heavy atom. The second-order valence-electron chi connectivity index (χ2n) is 6.59. The first-order valence-corrected chi connectivity index (χ1v) is 9.49. The lowest BCUT2D eigenvalue weighted by Crippen LogP contribution is -2.29. The minimum absolute atomic E-state index is 0.225. The highest BCUT2D eigenvalue weighted by Gasteiger charge is 2.12. The minimum Gasteiger partial charge on any atom is -0.372 e. The van der Waals surface area contributed by atoms with Crippen molar-refractivity contribution < 1.29 is 4.79 Å². The Labute approximate surface area is 155 Å². The van der Waals surface area contributed by atoms with E-state index in [-0.39, 0.29) is 5.91 Å². The molecule has 3 rings (SSSR count). The number of nitrogens with zero attached hydrogens (tertiary/aromatic N) is 3. The summed E-state index contributed by atoms with van der Waals surface area (Å²) in [6.45, 7) is 5.16. The van der Waals surface area contributed by atoms with Gasteiger partial charge >= 0.3 is 0 Å². The van der Waals surface area contributed by atoms with E-state index < -0.39 is 0 Å². The molecule has 0 spiro atoms. The van der Waals surface area contributed by atoms with Crippen molar-refractivity contribution in [2.75, 3.05) is 35.2 Å². The number of amides is 1. The lowest BCUT2D eigenvalue weighted by molar-refractivity contribution is 0.102. The number of benzene rings is 1. The van der Waals surface area contributed by atoms with Gasteiger partial charge in [-0.1, -0.05) is 13.3 Å². The zero-order chi connectivity index (χ0) is 18.2. The van der Waals surface area contributed by atoms with Gasteiger partial charge in [0.05, 0.1) is 0 Å². The molecule has 0 atom stereocenters. The molecular formula is C20H27N5O. The number of piperidine rings is 1. The fourth-order valence-electron chi connectivity index (χ4n) is 3.05. The number of carbonyl (C=O) groups excluding carboxylic acids is 1. The zero-order valence-electron chi connectivity index (χ0n) is 15.4. The van der Waals surface area contributed by atoms with Crippen LogP contribution in [-0.4, -0.2) is 35.5 Å². The molecule has 1 fully saturated rings. The van der Waals surface area contributed by atoms with Gasteiger partial charge in [0.1, 0.15) is 5.69 Å². The molecule has 0 bridgehead atoms. The average Bonchev–Trinajstić information content (AvgIpc) is 2.70. The summed E-state index contributed by atoms with van der Waals surface area (Å²) in [4.78, 5) is 23.3. The summed E-state index contributed by atoms with van der Waals surface area (Å²) < 4.78 is 0. The highest BCUT2D eigenvalue weighted by atomic mass is 16.1. The summed E-state index contributed by atoms with van der Waals surface area (Å²) in [6, 6.07) is 9.66. The van der Waals surface area contributed by atoms with Crippen LogP contribution in [-0.2, 0) is 0 Å². The van der Waals surface area contributed by atoms with Crippen LogP contribution < -0.4 is 15.5 Å². The van der Waals surface area contributed by atoms with Gasteiger partial charge in [-0.15, -0.1) is 0 Å². The van der Waals surface area contributed by atoms with Gasteiger partial charge in [-0.3, -0.25) is 4.79 Å². The monoisotopic (exact) mass is 353 g/mol. The molecule has 0 saturated carbocycles. The van der Waals surface area contributed by atoms with E-state index in [0.29, 0.717) is 11.6 Å². The molecule has 1 saturated heterocycles. The molecule has 2 N–H and O–H groups in total. The van der Waals surface area contributed by atoms with E-state index in [2.05, 4.69) is 44.6 Å². The van der Waals surface area contributed by atoms with E-state index in [1.807, 2.05) is 12.1 Å². The summed E-state index contributed by atoms with van der Waals surface area (Å²) in [5.41, 5.74) is 2.35. The third kappa shape index (κ3) is 4.94. The molecule has 2 heterocycles. The average molecular weight is 353 g/mol. The largest absolute Gasteiger partial charge is 0.372 e. The first kappa shape index (κ1) is 18.2. The number of unbranched alkanes of at least 4 members (excludes halogenated alkanes) is 1. The second kappa shape index (κ2) is 9.17. The highest BCUT2D eigenvalue weighted by molar-refractivity contribution is 6.03. The van der Waals surface area contributed by atoms with Crippen molar-refractivity contribution in [3.63, 3.8) is 0 Å². The summed E-state index contributed by atoms with van der Waals surface area (Å²) in [6.07, 6.45) is 7.57. The maximum absolute atomic E-state index is 12.4. The molecule has 1 amide bonds. The van der Waals surface area contributed by atoms with Crippen LogP contribution in [0, 0.1) is 0 Å². The molecule has 26 heavy (non-hydrogen) atoms. The van der Waals surface area contributed by atoms with Crippen LogP contribution >= 0.6 is 0 Å². The van der Waals surface area contributed by atoms with Crippen molar-refractivity contribution in [3.05, 3.63) is 42.2 Å². The van der Waals surface area contributed by atoms with E-state index in [1.165, 1.54) is 24.9 Å². The predicted octanol–water partition coefficient (Wildman–Crippen LogP) is 3.93. The molecule has 0 aliphatic carbocycles. The van der Waals surface area contributed by atoms with Gasteiger partial charge in [0, 0.05) is 37.2 Å². The lowest BCUT2D eigenvalue weighted by Gasteiger charge is -2.28. The first-order chi connectivity index (χ1) is 12.8. The van der Waals surface area contributed by atoms with Crippen LogP contribution in [0.4, 0.5) is 17.3 Å². The van der Waals surface area contributed by atoms with Crippen LogP contribution in [0.3, 0.4) is 0 Å². The number of nitrogens with one attached hydrogen (secondary N) is 2. The van der Waals surface area contributed by atoms with Crippen molar-refractivity contribution in [1.82, 2.24) is 9.97 Å². The van der Waals surface area contributed by atoms with Gasteiger partial charge in [0.2, 0.25) is 5.95 Å². The number of rotatable bonds is 7. The van der Waals surface area contributed by atoms with Crippen LogP contribution in [0.2, 0.25) is 0 Å². The Kier molecular flexibility index (Phi) is 6.41. The Morgan fingerprint density at radius 3 is 2.62 bits per heavy atom. The summed E-state index contributed by atoms with van der Waals surface area (Å²) >= 11 is 0. The summed E-state index contributed by atoms with van der Waals surface area (Å²) in [5.74, 6) is 0.267. The van der Waals surface area contributed by atoms with Crippen LogP contribution in [0.5, 0.6) is 0 Å². The van der Waals surface area contributed by atoms with E-state index in [4.69, 9.17) is 0 Å².